The van der Waals surface area contributed by atoms with Crippen molar-refractivity contribution in [1.29, 1.82) is 0 Å². The summed E-state index contributed by atoms with van der Waals surface area (Å²) >= 11 is 0. The summed E-state index contributed by atoms with van der Waals surface area (Å²) in [6.45, 7) is 0. The van der Waals surface area contributed by atoms with Crippen molar-refractivity contribution in [2.24, 2.45) is 0 Å². The lowest BCUT2D eigenvalue weighted by Gasteiger charge is -2.06. The molecule has 0 saturated carbocycles. The van der Waals surface area contributed by atoms with Crippen molar-refractivity contribution in [3.8, 4) is 0 Å². The SMILES string of the molecule is COC(=O)c1ccc(N)c(CCC=O)c1. The highest BCUT2D eigenvalue weighted by molar-refractivity contribution is 5.90. The lowest BCUT2D eigenvalue weighted by atomic mass is 10.0. The van der Waals surface area contributed by atoms with Gasteiger partial charge in [0.1, 0.15) is 6.29 Å². The predicted molar refractivity (Wildman–Crippen MR) is 56.6 cm³/mol. The lowest BCUT2D eigenvalue weighted by molar-refractivity contribution is -0.107. The summed E-state index contributed by atoms with van der Waals surface area (Å²) in [6, 6.07) is 4.91. The number of nitrogens with two attached hydrogens (primary N) is 1. The van der Waals surface area contributed by atoms with Gasteiger partial charge in [0.15, 0.2) is 0 Å². The van der Waals surface area contributed by atoms with Crippen molar-refractivity contribution in [1.82, 2.24) is 0 Å². The highest BCUT2D eigenvalue weighted by Crippen LogP contribution is 2.16. The number of hydrogen-bond acceptors (Lipinski definition) is 4. The molecule has 0 bridgehead atoms. The molecule has 0 aliphatic rings. The lowest BCUT2D eigenvalue weighted by Crippen LogP contribution is -2.04. The number of nitrogen functional groups attached to an aromatic ring is 1. The highest BCUT2D eigenvalue weighted by Gasteiger charge is 2.07. The first-order chi connectivity index (χ1) is 7.19. The van der Waals surface area contributed by atoms with Crippen LogP contribution in [0.5, 0.6) is 0 Å². The van der Waals surface area contributed by atoms with Gasteiger partial charge in [-0.25, -0.2) is 4.79 Å². The van der Waals surface area contributed by atoms with Gasteiger partial charge in [-0.1, -0.05) is 0 Å². The fourth-order valence-corrected chi connectivity index (χ4v) is 1.28. The van der Waals surface area contributed by atoms with E-state index >= 15 is 0 Å². The van der Waals surface area contributed by atoms with E-state index in [0.717, 1.165) is 11.8 Å². The summed E-state index contributed by atoms with van der Waals surface area (Å²) in [5.74, 6) is -0.401. The third kappa shape index (κ3) is 2.80. The van der Waals surface area contributed by atoms with Crippen LogP contribution in [0.15, 0.2) is 18.2 Å². The van der Waals surface area contributed by atoms with Crippen LogP contribution in [0.25, 0.3) is 0 Å². The van der Waals surface area contributed by atoms with E-state index in [-0.39, 0.29) is 0 Å². The Balaban J connectivity index is 2.94. The largest absolute Gasteiger partial charge is 0.465 e. The van der Waals surface area contributed by atoms with Gasteiger partial charge >= 0.3 is 5.97 Å². The zero-order valence-electron chi connectivity index (χ0n) is 8.53. The summed E-state index contributed by atoms with van der Waals surface area (Å²) in [6.07, 6.45) is 1.76. The Morgan fingerprint density at radius 3 is 2.87 bits per heavy atom. The number of ether oxygens (including phenoxy) is 1. The maximum atomic E-state index is 11.2. The fraction of sp³-hybridized carbons (Fsp3) is 0.273. The molecule has 2 N–H and O–H groups in total. The zero-order chi connectivity index (χ0) is 11.3. The molecule has 4 heteroatoms. The van der Waals surface area contributed by atoms with Crippen molar-refractivity contribution in [2.45, 2.75) is 12.8 Å². The van der Waals surface area contributed by atoms with Crippen LogP contribution in [0.2, 0.25) is 0 Å². The smallest absolute Gasteiger partial charge is 0.337 e. The van der Waals surface area contributed by atoms with Crippen molar-refractivity contribution in [2.75, 3.05) is 12.8 Å². The van der Waals surface area contributed by atoms with E-state index in [4.69, 9.17) is 5.73 Å². The Kier molecular flexibility index (Phi) is 3.85. The zero-order valence-corrected chi connectivity index (χ0v) is 8.53. The number of carbonyl (C=O) groups is 2. The molecular formula is C11H13NO3. The Labute approximate surface area is 88.0 Å². The molecule has 0 amide bonds. The minimum Gasteiger partial charge on any atom is -0.465 e. The molecule has 0 aromatic heterocycles. The Bertz CT molecular complexity index is 374. The molecule has 0 radical (unpaired) electrons. The van der Waals surface area contributed by atoms with Crippen LogP contribution in [0, 0.1) is 0 Å². The fourth-order valence-electron chi connectivity index (χ4n) is 1.28. The topological polar surface area (TPSA) is 69.4 Å². The van der Waals surface area contributed by atoms with Crippen molar-refractivity contribution in [3.63, 3.8) is 0 Å². The van der Waals surface area contributed by atoms with Gasteiger partial charge in [0.05, 0.1) is 12.7 Å². The molecule has 0 fully saturated rings. The van der Waals surface area contributed by atoms with Crippen molar-refractivity contribution < 1.29 is 14.3 Å². The molecule has 0 spiro atoms. The third-order valence-corrected chi connectivity index (χ3v) is 2.10. The van der Waals surface area contributed by atoms with Crippen LogP contribution in [-0.2, 0) is 16.0 Å². The number of methoxy groups -OCH3 is 1. The summed E-state index contributed by atoms with van der Waals surface area (Å²) in [5, 5.41) is 0. The number of aryl methyl sites for hydroxylation is 1. The van der Waals surface area contributed by atoms with E-state index in [1.807, 2.05) is 0 Å². The van der Waals surface area contributed by atoms with Crippen LogP contribution in [0.1, 0.15) is 22.3 Å². The maximum absolute atomic E-state index is 11.2. The molecule has 15 heavy (non-hydrogen) atoms. The molecular weight excluding hydrogens is 194 g/mol. The van der Waals surface area contributed by atoms with Gasteiger partial charge in [-0.3, -0.25) is 0 Å². The molecule has 0 atom stereocenters. The number of hydrogen-bond donors (Lipinski definition) is 1. The molecule has 0 aliphatic carbocycles. The standard InChI is InChI=1S/C11H13NO3/c1-15-11(14)9-4-5-10(12)8(7-9)3-2-6-13/h4-7H,2-3,12H2,1H3. The van der Waals surface area contributed by atoms with Gasteiger partial charge < -0.3 is 15.3 Å². The van der Waals surface area contributed by atoms with Crippen molar-refractivity contribution >= 4 is 17.9 Å². The molecule has 0 heterocycles. The number of benzene rings is 1. The maximum Gasteiger partial charge on any atom is 0.337 e. The second kappa shape index (κ2) is 5.14. The second-order valence-electron chi connectivity index (χ2n) is 3.11. The molecule has 0 saturated heterocycles. The third-order valence-electron chi connectivity index (χ3n) is 2.10. The number of rotatable bonds is 4. The first-order valence-electron chi connectivity index (χ1n) is 4.59. The van der Waals surface area contributed by atoms with Crippen molar-refractivity contribution in [3.05, 3.63) is 29.3 Å². The van der Waals surface area contributed by atoms with Crippen LogP contribution < -0.4 is 5.73 Å². The minimum absolute atomic E-state index is 0.398. The van der Waals surface area contributed by atoms with Crippen LogP contribution in [-0.4, -0.2) is 19.4 Å². The number of esters is 1. The van der Waals surface area contributed by atoms with E-state index < -0.39 is 5.97 Å². The molecule has 80 valence electrons. The summed E-state index contributed by atoms with van der Waals surface area (Å²) in [5.41, 5.74) is 7.54. The van der Waals surface area contributed by atoms with E-state index in [2.05, 4.69) is 4.74 Å². The van der Waals surface area contributed by atoms with E-state index in [1.165, 1.54) is 7.11 Å². The summed E-state index contributed by atoms with van der Waals surface area (Å²) in [7, 11) is 1.32. The molecule has 1 aromatic rings. The van der Waals surface area contributed by atoms with E-state index in [1.54, 1.807) is 18.2 Å². The first-order valence-corrected chi connectivity index (χ1v) is 4.59. The van der Waals surface area contributed by atoms with Gasteiger partial charge in [0.2, 0.25) is 0 Å². The predicted octanol–water partition coefficient (Wildman–Crippen LogP) is 1.19. The van der Waals surface area contributed by atoms with Crippen LogP contribution >= 0.6 is 0 Å². The Morgan fingerprint density at radius 2 is 2.27 bits per heavy atom. The highest BCUT2D eigenvalue weighted by atomic mass is 16.5. The van der Waals surface area contributed by atoms with Gasteiger partial charge in [-0.15, -0.1) is 0 Å². The molecule has 1 aromatic carbocycles. The molecule has 1 rings (SSSR count). The first kappa shape index (κ1) is 11.2. The average Bonchev–Trinajstić information content (AvgIpc) is 2.27. The Hall–Kier alpha value is -1.84. The quantitative estimate of drug-likeness (QED) is 0.457. The van der Waals surface area contributed by atoms with E-state index in [0.29, 0.717) is 24.1 Å². The second-order valence-corrected chi connectivity index (χ2v) is 3.11. The molecule has 0 aliphatic heterocycles. The summed E-state index contributed by atoms with van der Waals surface area (Å²) < 4.78 is 4.59. The van der Waals surface area contributed by atoms with Gasteiger partial charge in [-0.2, -0.15) is 0 Å². The normalized spacial score (nSPS) is 9.67. The minimum atomic E-state index is -0.401. The number of aldehydes is 1. The number of anilines is 1. The average molecular weight is 207 g/mol. The van der Waals surface area contributed by atoms with Gasteiger partial charge in [0, 0.05) is 12.1 Å². The van der Waals surface area contributed by atoms with Crippen LogP contribution in [0.3, 0.4) is 0 Å². The molecule has 0 unspecified atom stereocenters. The molecule has 4 nitrogen and oxygen atoms in total. The Morgan fingerprint density at radius 1 is 1.53 bits per heavy atom. The van der Waals surface area contributed by atoms with Crippen LogP contribution in [0.4, 0.5) is 5.69 Å². The van der Waals surface area contributed by atoms with Gasteiger partial charge in [0.25, 0.3) is 0 Å². The van der Waals surface area contributed by atoms with Gasteiger partial charge in [-0.05, 0) is 30.2 Å². The number of carbonyl (C=O) groups excluding carboxylic acids is 2. The van der Waals surface area contributed by atoms with E-state index in [9.17, 15) is 9.59 Å². The summed E-state index contributed by atoms with van der Waals surface area (Å²) in [4.78, 5) is 21.5. The monoisotopic (exact) mass is 207 g/mol.